The van der Waals surface area contributed by atoms with Crippen molar-refractivity contribution in [2.75, 3.05) is 11.5 Å². The summed E-state index contributed by atoms with van der Waals surface area (Å²) in [7, 11) is 0. The average molecular weight is 343 g/mol. The van der Waals surface area contributed by atoms with E-state index < -0.39 is 0 Å². The highest BCUT2D eigenvalue weighted by molar-refractivity contribution is 8.00. The van der Waals surface area contributed by atoms with E-state index in [1.165, 1.54) is 24.2 Å². The van der Waals surface area contributed by atoms with Gasteiger partial charge in [-0.1, -0.05) is 38.5 Å². The molecule has 24 heavy (non-hydrogen) atoms. The van der Waals surface area contributed by atoms with Crippen molar-refractivity contribution >= 4 is 23.5 Å². The predicted molar refractivity (Wildman–Crippen MR) is 92.9 cm³/mol. The molecule has 7 heteroatoms. The third-order valence-electron chi connectivity index (χ3n) is 4.65. The summed E-state index contributed by atoms with van der Waals surface area (Å²) in [5.41, 5.74) is 6.12. The molecule has 1 aromatic rings. The number of nitrogens with two attached hydrogens (primary N) is 1. The lowest BCUT2D eigenvalue weighted by molar-refractivity contribution is -0.119. The number of nitrogens with one attached hydrogen (secondary N) is 1. The Morgan fingerprint density at radius 1 is 1.38 bits per heavy atom. The van der Waals surface area contributed by atoms with Crippen LogP contribution in [0.1, 0.15) is 44.2 Å². The van der Waals surface area contributed by atoms with Crippen LogP contribution in [-0.4, -0.2) is 22.7 Å². The smallest absolute Gasteiger partial charge is 0.230 e. The molecular formula is C17H21N5OS. The van der Waals surface area contributed by atoms with Gasteiger partial charge in [0.25, 0.3) is 0 Å². The molecule has 1 aromatic heterocycles. The molecule has 3 N–H and O–H groups in total. The largest absolute Gasteiger partial charge is 0.383 e. The Kier molecular flexibility index (Phi) is 6.05. The zero-order chi connectivity index (χ0) is 17.7. The van der Waals surface area contributed by atoms with Crippen LogP contribution in [-0.2, 0) is 4.79 Å². The number of amides is 1. The fourth-order valence-electron chi connectivity index (χ4n) is 2.96. The molecule has 1 heterocycles. The van der Waals surface area contributed by atoms with Crippen LogP contribution >= 0.6 is 11.8 Å². The fourth-order valence-corrected chi connectivity index (χ4v) is 3.73. The lowest BCUT2D eigenvalue weighted by Gasteiger charge is -2.34. The van der Waals surface area contributed by atoms with Gasteiger partial charge in [0, 0.05) is 6.04 Å². The number of aromatic nitrogens is 1. The van der Waals surface area contributed by atoms with Crippen molar-refractivity contribution in [2.45, 2.75) is 44.2 Å². The van der Waals surface area contributed by atoms with E-state index in [0.29, 0.717) is 16.9 Å². The van der Waals surface area contributed by atoms with Crippen molar-refractivity contribution in [1.82, 2.24) is 10.3 Å². The molecule has 1 saturated carbocycles. The van der Waals surface area contributed by atoms with Crippen LogP contribution in [0.3, 0.4) is 0 Å². The maximum atomic E-state index is 12.2. The maximum absolute atomic E-state index is 12.2. The molecule has 1 aliphatic rings. The summed E-state index contributed by atoms with van der Waals surface area (Å²) in [6, 6.07) is 5.51. The number of nitrogen functional groups attached to an aromatic ring is 1. The normalized spacial score (nSPS) is 23.1. The Morgan fingerprint density at radius 2 is 2.08 bits per heavy atom. The van der Waals surface area contributed by atoms with Gasteiger partial charge < -0.3 is 11.1 Å². The highest BCUT2D eigenvalue weighted by Gasteiger charge is 2.28. The number of rotatable bonds is 4. The molecule has 1 amide bonds. The molecule has 3 atom stereocenters. The molecule has 0 saturated heterocycles. The summed E-state index contributed by atoms with van der Waals surface area (Å²) in [5, 5.41) is 21.6. The van der Waals surface area contributed by atoms with Crippen LogP contribution in [0.2, 0.25) is 0 Å². The monoisotopic (exact) mass is 343 g/mol. The Hall–Kier alpha value is -2.25. The van der Waals surface area contributed by atoms with Gasteiger partial charge in [0.15, 0.2) is 0 Å². The lowest BCUT2D eigenvalue weighted by atomic mass is 9.78. The Balaban J connectivity index is 1.98. The van der Waals surface area contributed by atoms with E-state index in [2.05, 4.69) is 24.1 Å². The van der Waals surface area contributed by atoms with Crippen LogP contribution in [0.5, 0.6) is 0 Å². The summed E-state index contributed by atoms with van der Waals surface area (Å²) < 4.78 is 0. The number of hydrogen-bond donors (Lipinski definition) is 2. The first-order valence-electron chi connectivity index (χ1n) is 7.99. The molecule has 0 aliphatic heterocycles. The second-order valence-electron chi connectivity index (χ2n) is 6.23. The van der Waals surface area contributed by atoms with Gasteiger partial charge in [-0.25, -0.2) is 4.98 Å². The van der Waals surface area contributed by atoms with Crippen molar-refractivity contribution in [3.8, 4) is 12.1 Å². The van der Waals surface area contributed by atoms with E-state index in [-0.39, 0.29) is 34.6 Å². The van der Waals surface area contributed by atoms with Gasteiger partial charge >= 0.3 is 0 Å². The Bertz CT molecular complexity index is 706. The molecule has 6 nitrogen and oxygen atoms in total. The number of nitriles is 2. The van der Waals surface area contributed by atoms with E-state index in [4.69, 9.17) is 16.3 Å². The number of hydrogen-bond acceptors (Lipinski definition) is 6. The summed E-state index contributed by atoms with van der Waals surface area (Å²) in [6.45, 7) is 4.40. The lowest BCUT2D eigenvalue weighted by Crippen LogP contribution is -2.44. The van der Waals surface area contributed by atoms with Gasteiger partial charge in [-0.15, -0.1) is 0 Å². The van der Waals surface area contributed by atoms with Crippen LogP contribution in [0.25, 0.3) is 0 Å². The van der Waals surface area contributed by atoms with Crippen LogP contribution in [0.4, 0.5) is 5.82 Å². The molecular weight excluding hydrogens is 322 g/mol. The van der Waals surface area contributed by atoms with Crippen LogP contribution in [0, 0.1) is 34.5 Å². The van der Waals surface area contributed by atoms with E-state index in [1.807, 2.05) is 12.1 Å². The fraction of sp³-hybridized carbons (Fsp3) is 0.529. The summed E-state index contributed by atoms with van der Waals surface area (Å²) >= 11 is 1.17. The topological polar surface area (TPSA) is 116 Å². The van der Waals surface area contributed by atoms with Crippen molar-refractivity contribution < 1.29 is 4.79 Å². The first-order chi connectivity index (χ1) is 11.5. The molecule has 126 valence electrons. The van der Waals surface area contributed by atoms with Crippen molar-refractivity contribution in [2.24, 2.45) is 11.8 Å². The molecule has 0 unspecified atom stereocenters. The minimum absolute atomic E-state index is 0.0698. The van der Waals surface area contributed by atoms with Gasteiger partial charge in [0.2, 0.25) is 5.91 Å². The van der Waals surface area contributed by atoms with Gasteiger partial charge in [-0.3, -0.25) is 4.79 Å². The standard InChI is InChI=1S/C17H21N5OS/c1-10-4-3-5-14(11(10)2)21-15(23)9-24-17-13(8-19)6-12(7-18)16(20)22-17/h6,10-11,14H,3-5,9H2,1-2H3,(H2,20,22)(H,21,23)/t10-,11-,14+/m1/s1. The van der Waals surface area contributed by atoms with Crippen LogP contribution in [0.15, 0.2) is 11.1 Å². The molecule has 1 fully saturated rings. The molecule has 0 aromatic carbocycles. The van der Waals surface area contributed by atoms with E-state index in [9.17, 15) is 4.79 Å². The number of anilines is 1. The zero-order valence-electron chi connectivity index (χ0n) is 13.9. The molecule has 0 radical (unpaired) electrons. The minimum Gasteiger partial charge on any atom is -0.383 e. The van der Waals surface area contributed by atoms with E-state index in [0.717, 1.165) is 12.8 Å². The summed E-state index contributed by atoms with van der Waals surface area (Å²) in [5.74, 6) is 1.26. The third-order valence-corrected chi connectivity index (χ3v) is 5.64. The van der Waals surface area contributed by atoms with Crippen molar-refractivity contribution in [1.29, 1.82) is 10.5 Å². The van der Waals surface area contributed by atoms with Gasteiger partial charge in [-0.05, 0) is 24.3 Å². The second kappa shape index (κ2) is 8.03. The Labute approximate surface area is 146 Å². The van der Waals surface area contributed by atoms with Crippen molar-refractivity contribution in [3.63, 3.8) is 0 Å². The van der Waals surface area contributed by atoms with E-state index in [1.54, 1.807) is 0 Å². The first kappa shape index (κ1) is 18.1. The molecule has 0 bridgehead atoms. The van der Waals surface area contributed by atoms with Gasteiger partial charge in [0.1, 0.15) is 23.0 Å². The number of carbonyl (C=O) groups is 1. The van der Waals surface area contributed by atoms with Crippen LogP contribution < -0.4 is 11.1 Å². The molecule has 2 rings (SSSR count). The number of nitrogens with zero attached hydrogens (tertiary/aromatic N) is 3. The minimum atomic E-state index is -0.0698. The number of carbonyl (C=O) groups excluding carboxylic acids is 1. The van der Waals surface area contributed by atoms with Gasteiger partial charge in [0.05, 0.1) is 16.9 Å². The first-order valence-corrected chi connectivity index (χ1v) is 8.97. The zero-order valence-corrected chi connectivity index (χ0v) is 14.7. The quantitative estimate of drug-likeness (QED) is 0.811. The third kappa shape index (κ3) is 4.18. The van der Waals surface area contributed by atoms with Crippen molar-refractivity contribution in [3.05, 3.63) is 17.2 Å². The maximum Gasteiger partial charge on any atom is 0.230 e. The number of thioether (sulfide) groups is 1. The summed E-state index contributed by atoms with van der Waals surface area (Å²) in [6.07, 6.45) is 3.35. The summed E-state index contributed by atoms with van der Waals surface area (Å²) in [4.78, 5) is 16.3. The van der Waals surface area contributed by atoms with Gasteiger partial charge in [-0.2, -0.15) is 10.5 Å². The number of pyridine rings is 1. The highest BCUT2D eigenvalue weighted by atomic mass is 32.2. The average Bonchev–Trinajstić information content (AvgIpc) is 2.57. The second-order valence-corrected chi connectivity index (χ2v) is 7.19. The Morgan fingerprint density at radius 3 is 2.75 bits per heavy atom. The highest BCUT2D eigenvalue weighted by Crippen LogP contribution is 2.30. The SMILES string of the molecule is C[C@@H]1[C@H](C)CCC[C@@H]1NC(=O)CSc1nc(N)c(C#N)cc1C#N. The predicted octanol–water partition coefficient (Wildman–Crippen LogP) is 2.44. The molecule has 0 spiro atoms. The molecule has 1 aliphatic carbocycles. The van der Waals surface area contributed by atoms with E-state index >= 15 is 0 Å².